The van der Waals surface area contributed by atoms with E-state index in [2.05, 4.69) is 10.6 Å². The van der Waals surface area contributed by atoms with Gasteiger partial charge < -0.3 is 15.0 Å². The van der Waals surface area contributed by atoms with E-state index >= 15 is 0 Å². The van der Waals surface area contributed by atoms with Crippen molar-refractivity contribution in [3.05, 3.63) is 33.8 Å². The van der Waals surface area contributed by atoms with Crippen LogP contribution in [0.5, 0.6) is 0 Å². The maximum absolute atomic E-state index is 13.1. The van der Waals surface area contributed by atoms with Crippen LogP contribution in [0.3, 0.4) is 0 Å². The van der Waals surface area contributed by atoms with E-state index in [4.69, 9.17) is 16.3 Å². The summed E-state index contributed by atoms with van der Waals surface area (Å²) in [5.41, 5.74) is 0.607. The highest BCUT2D eigenvalue weighted by Gasteiger charge is 2.48. The van der Waals surface area contributed by atoms with Gasteiger partial charge in [-0.05, 0) is 57.7 Å². The average Bonchev–Trinajstić information content (AvgIpc) is 3.31. The smallest absolute Gasteiger partial charge is 0.408 e. The Kier molecular flexibility index (Phi) is 4.80. The summed E-state index contributed by atoms with van der Waals surface area (Å²) in [5.74, 6) is -1.09. The molecule has 1 atom stereocenters. The number of alkyl carbamates (subject to hydrolysis) is 1. The molecule has 1 aromatic rings. The largest absolute Gasteiger partial charge is 0.444 e. The number of piperidine rings is 1. The Morgan fingerprint density at radius 1 is 1.27 bits per heavy atom. The van der Waals surface area contributed by atoms with E-state index in [-0.39, 0.29) is 24.8 Å². The van der Waals surface area contributed by atoms with Crippen molar-refractivity contribution in [2.75, 3.05) is 0 Å². The summed E-state index contributed by atoms with van der Waals surface area (Å²) < 4.78 is 5.37. The van der Waals surface area contributed by atoms with Crippen molar-refractivity contribution < 1.29 is 23.9 Å². The first-order valence-electron chi connectivity index (χ1n) is 9.98. The summed E-state index contributed by atoms with van der Waals surface area (Å²) in [7, 11) is 0. The lowest BCUT2D eigenvalue weighted by atomic mass is 9.99. The molecule has 8 nitrogen and oxygen atoms in total. The Labute approximate surface area is 179 Å². The molecular weight excluding hydrogens is 410 g/mol. The standard InChI is InChI=1S/C21H24ClN3O5/c1-20(2,3)30-19(29)24-21(6-7-21)11-8-12-13(14(22)9-11)10-25(18(12)28)15-4-5-16(26)23-17(15)27/h8-9,15H,4-7,10H2,1-3H3,(H,24,29)(H,23,26,27). The molecule has 0 spiro atoms. The zero-order chi connectivity index (χ0) is 21.8. The van der Waals surface area contributed by atoms with Crippen molar-refractivity contribution in [2.45, 2.75) is 70.2 Å². The van der Waals surface area contributed by atoms with Gasteiger partial charge in [0.05, 0.1) is 5.54 Å². The Morgan fingerprint density at radius 3 is 2.57 bits per heavy atom. The van der Waals surface area contributed by atoms with E-state index in [1.807, 2.05) is 0 Å². The fourth-order valence-corrected chi connectivity index (χ4v) is 4.28. The molecule has 1 saturated heterocycles. The van der Waals surface area contributed by atoms with Gasteiger partial charge in [-0.2, -0.15) is 0 Å². The van der Waals surface area contributed by atoms with Gasteiger partial charge in [-0.25, -0.2) is 4.79 Å². The van der Waals surface area contributed by atoms with Crippen LogP contribution in [0.2, 0.25) is 5.02 Å². The quantitative estimate of drug-likeness (QED) is 0.713. The van der Waals surface area contributed by atoms with Crippen molar-refractivity contribution in [1.82, 2.24) is 15.5 Å². The molecule has 30 heavy (non-hydrogen) atoms. The Bertz CT molecular complexity index is 964. The van der Waals surface area contributed by atoms with Crippen molar-refractivity contribution in [2.24, 2.45) is 0 Å². The second-order valence-electron chi connectivity index (χ2n) is 9.09. The first-order chi connectivity index (χ1) is 14.0. The minimum atomic E-state index is -0.697. The van der Waals surface area contributed by atoms with Gasteiger partial charge in [0.15, 0.2) is 0 Å². The van der Waals surface area contributed by atoms with Gasteiger partial charge in [0, 0.05) is 29.1 Å². The summed E-state index contributed by atoms with van der Waals surface area (Å²) in [6.45, 7) is 5.59. The molecule has 160 valence electrons. The fraction of sp³-hybridized carbons (Fsp3) is 0.524. The van der Waals surface area contributed by atoms with Crippen LogP contribution in [0.4, 0.5) is 4.79 Å². The molecule has 0 bridgehead atoms. The SMILES string of the molecule is CC(C)(C)OC(=O)NC1(c2cc(Cl)c3c(c2)C(=O)N(C2CCC(=O)NC2=O)C3)CC1. The highest BCUT2D eigenvalue weighted by Crippen LogP contribution is 2.48. The lowest BCUT2D eigenvalue weighted by Crippen LogP contribution is -2.52. The van der Waals surface area contributed by atoms with Gasteiger partial charge >= 0.3 is 6.09 Å². The number of hydrogen-bond acceptors (Lipinski definition) is 5. The molecule has 3 aliphatic rings. The summed E-state index contributed by atoms with van der Waals surface area (Å²) in [4.78, 5) is 50.5. The van der Waals surface area contributed by atoms with Gasteiger partial charge in [-0.1, -0.05) is 11.6 Å². The minimum Gasteiger partial charge on any atom is -0.444 e. The molecule has 4 rings (SSSR count). The average molecular weight is 434 g/mol. The van der Waals surface area contributed by atoms with Crippen LogP contribution in [0.15, 0.2) is 12.1 Å². The Morgan fingerprint density at radius 2 is 1.97 bits per heavy atom. The van der Waals surface area contributed by atoms with E-state index in [9.17, 15) is 19.2 Å². The summed E-state index contributed by atoms with van der Waals surface area (Å²) in [6.07, 6.45) is 1.39. The fourth-order valence-electron chi connectivity index (χ4n) is 4.00. The highest BCUT2D eigenvalue weighted by atomic mass is 35.5. The van der Waals surface area contributed by atoms with Crippen molar-refractivity contribution >= 4 is 35.4 Å². The van der Waals surface area contributed by atoms with Crippen molar-refractivity contribution in [1.29, 1.82) is 0 Å². The van der Waals surface area contributed by atoms with Crippen LogP contribution in [0.25, 0.3) is 0 Å². The normalized spacial score (nSPS) is 22.5. The van der Waals surface area contributed by atoms with Crippen LogP contribution >= 0.6 is 11.6 Å². The molecule has 2 N–H and O–H groups in total. The zero-order valence-corrected chi connectivity index (χ0v) is 17.9. The molecule has 1 aliphatic carbocycles. The molecule has 1 unspecified atom stereocenters. The molecule has 1 saturated carbocycles. The van der Waals surface area contributed by atoms with Crippen molar-refractivity contribution in [3.8, 4) is 0 Å². The number of amides is 4. The molecule has 0 aromatic heterocycles. The predicted molar refractivity (Wildman–Crippen MR) is 108 cm³/mol. The first kappa shape index (κ1) is 20.7. The van der Waals surface area contributed by atoms with Gasteiger partial charge in [-0.3, -0.25) is 19.7 Å². The molecule has 2 fully saturated rings. The summed E-state index contributed by atoms with van der Waals surface area (Å²) >= 11 is 6.50. The van der Waals surface area contributed by atoms with Gasteiger partial charge in [-0.15, -0.1) is 0 Å². The summed E-state index contributed by atoms with van der Waals surface area (Å²) in [5, 5.41) is 5.62. The van der Waals surface area contributed by atoms with Gasteiger partial charge in [0.2, 0.25) is 11.8 Å². The lowest BCUT2D eigenvalue weighted by molar-refractivity contribution is -0.136. The van der Waals surface area contributed by atoms with Crippen molar-refractivity contribution in [3.63, 3.8) is 0 Å². The number of carbonyl (C=O) groups is 4. The molecule has 2 aliphatic heterocycles. The third-order valence-corrected chi connectivity index (χ3v) is 5.98. The summed E-state index contributed by atoms with van der Waals surface area (Å²) in [6, 6.07) is 2.82. The van der Waals surface area contributed by atoms with Crippen LogP contribution < -0.4 is 10.6 Å². The Balaban J connectivity index is 1.57. The van der Waals surface area contributed by atoms with E-state index in [1.54, 1.807) is 32.9 Å². The number of nitrogens with zero attached hydrogens (tertiary/aromatic N) is 1. The number of halogens is 1. The van der Waals surface area contributed by atoms with E-state index in [0.717, 1.165) is 5.56 Å². The molecule has 4 amide bonds. The van der Waals surface area contributed by atoms with E-state index < -0.39 is 29.2 Å². The number of nitrogens with one attached hydrogen (secondary N) is 2. The Hall–Kier alpha value is -2.61. The van der Waals surface area contributed by atoms with Crippen LogP contribution in [0, 0.1) is 0 Å². The molecule has 0 radical (unpaired) electrons. The lowest BCUT2D eigenvalue weighted by Gasteiger charge is -2.29. The maximum atomic E-state index is 13.1. The van der Waals surface area contributed by atoms with Crippen LogP contribution in [-0.2, 0) is 26.4 Å². The van der Waals surface area contributed by atoms with Crippen LogP contribution in [-0.4, -0.2) is 40.4 Å². The van der Waals surface area contributed by atoms with Gasteiger partial charge in [0.25, 0.3) is 5.91 Å². The third kappa shape index (κ3) is 3.76. The molecule has 1 aromatic carbocycles. The molecule has 9 heteroatoms. The number of carbonyl (C=O) groups excluding carboxylic acids is 4. The topological polar surface area (TPSA) is 105 Å². The van der Waals surface area contributed by atoms with E-state index in [0.29, 0.717) is 35.4 Å². The number of imide groups is 1. The molecular formula is C21H24ClN3O5. The van der Waals surface area contributed by atoms with Crippen LogP contribution in [0.1, 0.15) is 67.9 Å². The second-order valence-corrected chi connectivity index (χ2v) is 9.50. The minimum absolute atomic E-state index is 0.193. The predicted octanol–water partition coefficient (Wildman–Crippen LogP) is 2.61. The number of rotatable bonds is 3. The van der Waals surface area contributed by atoms with Gasteiger partial charge in [0.1, 0.15) is 11.6 Å². The first-order valence-corrected chi connectivity index (χ1v) is 10.4. The number of fused-ring (bicyclic) bond motifs is 1. The number of ether oxygens (including phenoxy) is 1. The monoisotopic (exact) mass is 433 g/mol. The number of benzene rings is 1. The third-order valence-electron chi connectivity index (χ3n) is 5.64. The van der Waals surface area contributed by atoms with E-state index in [1.165, 1.54) is 4.90 Å². The highest BCUT2D eigenvalue weighted by molar-refractivity contribution is 6.32. The second kappa shape index (κ2) is 6.97. The zero-order valence-electron chi connectivity index (χ0n) is 17.1. The number of hydrogen-bond donors (Lipinski definition) is 2. The molecule has 2 heterocycles. The maximum Gasteiger partial charge on any atom is 0.408 e.